The highest BCUT2D eigenvalue weighted by Gasteiger charge is 2.30. The van der Waals surface area contributed by atoms with Gasteiger partial charge in [-0.25, -0.2) is 4.98 Å². The molecule has 0 radical (unpaired) electrons. The number of thiazole rings is 1. The molecule has 0 saturated carbocycles. The van der Waals surface area contributed by atoms with Gasteiger partial charge in [0, 0.05) is 57.7 Å². The first-order valence-electron chi connectivity index (χ1n) is 11.2. The van der Waals surface area contributed by atoms with Crippen molar-refractivity contribution < 1.29 is 14.4 Å². The summed E-state index contributed by atoms with van der Waals surface area (Å²) < 4.78 is 1.21. The summed E-state index contributed by atoms with van der Waals surface area (Å²) in [6.07, 6.45) is 0.492. The second-order valence-electron chi connectivity index (χ2n) is 8.22. The Morgan fingerprint density at radius 2 is 1.64 bits per heavy atom. The Labute approximate surface area is 195 Å². The van der Waals surface area contributed by atoms with Crippen LogP contribution >= 0.6 is 11.3 Å². The van der Waals surface area contributed by atoms with Crippen LogP contribution in [-0.4, -0.2) is 66.9 Å². The van der Waals surface area contributed by atoms with Gasteiger partial charge in [0.15, 0.2) is 5.13 Å². The first-order valence-corrected chi connectivity index (χ1v) is 12.0. The third-order valence-corrected chi connectivity index (χ3v) is 7.18. The maximum atomic E-state index is 12.5. The molecule has 0 bridgehead atoms. The predicted molar refractivity (Wildman–Crippen MR) is 129 cm³/mol. The number of nitrogens with zero attached hydrogens (tertiary/aromatic N) is 4. The van der Waals surface area contributed by atoms with Gasteiger partial charge in [0.05, 0.1) is 15.9 Å². The van der Waals surface area contributed by atoms with E-state index >= 15 is 0 Å². The van der Waals surface area contributed by atoms with Gasteiger partial charge < -0.3 is 10.2 Å². The molecule has 3 amide bonds. The van der Waals surface area contributed by atoms with Gasteiger partial charge in [0.25, 0.3) is 5.91 Å². The number of benzene rings is 2. The summed E-state index contributed by atoms with van der Waals surface area (Å²) in [4.78, 5) is 46.8. The highest BCUT2D eigenvalue weighted by molar-refractivity contribution is 7.22. The largest absolute Gasteiger partial charge is 0.351 e. The van der Waals surface area contributed by atoms with Gasteiger partial charge in [-0.1, -0.05) is 23.5 Å². The molecule has 8 nitrogen and oxygen atoms in total. The number of anilines is 2. The smallest absolute Gasteiger partial charge is 0.251 e. The second-order valence-corrected chi connectivity index (χ2v) is 9.23. The van der Waals surface area contributed by atoms with E-state index in [4.69, 9.17) is 4.98 Å². The summed E-state index contributed by atoms with van der Waals surface area (Å²) in [5.74, 6) is -0.547. The quantitative estimate of drug-likeness (QED) is 0.566. The van der Waals surface area contributed by atoms with E-state index in [0.29, 0.717) is 17.8 Å². The number of aromatic nitrogens is 1. The third-order valence-electron chi connectivity index (χ3n) is 6.08. The van der Waals surface area contributed by atoms with Gasteiger partial charge in [-0.3, -0.25) is 24.2 Å². The monoisotopic (exact) mass is 463 g/mol. The molecular formula is C24H25N5O3S. The summed E-state index contributed by atoms with van der Waals surface area (Å²) in [7, 11) is 0. The topological polar surface area (TPSA) is 85.8 Å². The van der Waals surface area contributed by atoms with Crippen LogP contribution < -0.4 is 15.1 Å². The number of nitrogens with one attached hydrogen (secondary N) is 1. The van der Waals surface area contributed by atoms with Crippen molar-refractivity contribution in [3.8, 4) is 0 Å². The van der Waals surface area contributed by atoms with Gasteiger partial charge in [-0.15, -0.1) is 0 Å². The van der Waals surface area contributed by atoms with Crippen LogP contribution in [0.3, 0.4) is 0 Å². The van der Waals surface area contributed by atoms with Crippen molar-refractivity contribution in [1.82, 2.24) is 15.2 Å². The van der Waals surface area contributed by atoms with Gasteiger partial charge >= 0.3 is 0 Å². The lowest BCUT2D eigenvalue weighted by Crippen LogP contribution is -2.48. The number of carbonyl (C=O) groups is 3. The number of amides is 3. The van der Waals surface area contributed by atoms with Crippen molar-refractivity contribution in [3.05, 3.63) is 54.1 Å². The summed E-state index contributed by atoms with van der Waals surface area (Å²) >= 11 is 1.73. The van der Waals surface area contributed by atoms with E-state index < -0.39 is 0 Å². The Kier molecular flexibility index (Phi) is 6.06. The molecule has 1 N–H and O–H groups in total. The first-order chi connectivity index (χ1) is 16.1. The number of carbonyl (C=O) groups excluding carboxylic acids is 3. The minimum atomic E-state index is -0.194. The maximum Gasteiger partial charge on any atom is 0.251 e. The minimum Gasteiger partial charge on any atom is -0.351 e. The number of para-hydroxylation sites is 1. The number of hydrogen-bond acceptors (Lipinski definition) is 7. The molecule has 1 aromatic heterocycles. The molecule has 9 heteroatoms. The van der Waals surface area contributed by atoms with E-state index in [0.717, 1.165) is 43.4 Å². The summed E-state index contributed by atoms with van der Waals surface area (Å²) in [6, 6.07) is 14.8. The second kappa shape index (κ2) is 9.29. The third kappa shape index (κ3) is 4.60. The van der Waals surface area contributed by atoms with Crippen LogP contribution in [0, 0.1) is 0 Å². The van der Waals surface area contributed by atoms with Gasteiger partial charge in [0.1, 0.15) is 0 Å². The Balaban J connectivity index is 1.08. The molecule has 3 aromatic rings. The SMILES string of the molecule is O=C(NCCN1CCN(c2nc3ccccc3s2)CC1)c1ccc(N2C(=O)CCC2=O)cc1. The predicted octanol–water partition coefficient (Wildman–Crippen LogP) is 2.50. The van der Waals surface area contributed by atoms with E-state index in [1.54, 1.807) is 35.6 Å². The lowest BCUT2D eigenvalue weighted by molar-refractivity contribution is -0.121. The number of piperazine rings is 1. The Morgan fingerprint density at radius 1 is 0.939 bits per heavy atom. The molecule has 2 aliphatic heterocycles. The number of rotatable bonds is 6. The van der Waals surface area contributed by atoms with Crippen molar-refractivity contribution in [2.24, 2.45) is 0 Å². The van der Waals surface area contributed by atoms with Crippen molar-refractivity contribution >= 4 is 50.1 Å². The Bertz CT molecular complexity index is 1140. The highest BCUT2D eigenvalue weighted by atomic mass is 32.1. The molecule has 170 valence electrons. The summed E-state index contributed by atoms with van der Waals surface area (Å²) in [6.45, 7) is 5.04. The van der Waals surface area contributed by atoms with Crippen LogP contribution in [0.25, 0.3) is 10.2 Å². The molecule has 2 aromatic carbocycles. The standard InChI is InChI=1S/C24H25N5O3S/c30-21-9-10-22(31)29(21)18-7-5-17(6-8-18)23(32)25-11-12-27-13-15-28(16-14-27)24-26-19-3-1-2-4-20(19)33-24/h1-8H,9-16H2,(H,25,32). The molecule has 0 unspecified atom stereocenters. The zero-order valence-corrected chi connectivity index (χ0v) is 19.0. The summed E-state index contributed by atoms with van der Waals surface area (Å²) in [5.41, 5.74) is 2.08. The van der Waals surface area contributed by atoms with Crippen molar-refractivity contribution in [2.45, 2.75) is 12.8 Å². The fourth-order valence-corrected chi connectivity index (χ4v) is 5.23. The Morgan fingerprint density at radius 3 is 2.33 bits per heavy atom. The molecule has 3 heterocycles. The number of imide groups is 1. The molecule has 33 heavy (non-hydrogen) atoms. The van der Waals surface area contributed by atoms with Gasteiger partial charge in [0.2, 0.25) is 11.8 Å². The van der Waals surface area contributed by atoms with Crippen LogP contribution in [0.1, 0.15) is 23.2 Å². The lowest BCUT2D eigenvalue weighted by atomic mass is 10.2. The molecule has 2 aliphatic rings. The van der Waals surface area contributed by atoms with Crippen LogP contribution in [-0.2, 0) is 9.59 Å². The van der Waals surface area contributed by atoms with Crippen molar-refractivity contribution in [2.75, 3.05) is 49.1 Å². The maximum absolute atomic E-state index is 12.5. The Hall–Kier alpha value is -3.30. The lowest BCUT2D eigenvalue weighted by Gasteiger charge is -2.34. The molecule has 0 spiro atoms. The zero-order valence-electron chi connectivity index (χ0n) is 18.2. The zero-order chi connectivity index (χ0) is 22.8. The average molecular weight is 464 g/mol. The first kappa shape index (κ1) is 21.5. The number of fused-ring (bicyclic) bond motifs is 1. The fraction of sp³-hybridized carbons (Fsp3) is 0.333. The van der Waals surface area contributed by atoms with Crippen molar-refractivity contribution in [3.63, 3.8) is 0 Å². The highest BCUT2D eigenvalue weighted by Crippen LogP contribution is 2.29. The van der Waals surface area contributed by atoms with Gasteiger partial charge in [-0.05, 0) is 36.4 Å². The van der Waals surface area contributed by atoms with Crippen LogP contribution in [0.5, 0.6) is 0 Å². The molecular weight excluding hydrogens is 438 g/mol. The summed E-state index contributed by atoms with van der Waals surface area (Å²) in [5, 5.41) is 4.04. The van der Waals surface area contributed by atoms with Crippen LogP contribution in [0.2, 0.25) is 0 Å². The fourth-order valence-electron chi connectivity index (χ4n) is 4.21. The molecule has 5 rings (SSSR count). The van der Waals surface area contributed by atoms with Crippen LogP contribution in [0.15, 0.2) is 48.5 Å². The van der Waals surface area contributed by atoms with E-state index in [-0.39, 0.29) is 30.6 Å². The van der Waals surface area contributed by atoms with E-state index in [2.05, 4.69) is 21.2 Å². The van der Waals surface area contributed by atoms with Gasteiger partial charge in [-0.2, -0.15) is 0 Å². The molecule has 2 fully saturated rings. The molecule has 2 saturated heterocycles. The average Bonchev–Trinajstić information content (AvgIpc) is 3.42. The van der Waals surface area contributed by atoms with E-state index in [9.17, 15) is 14.4 Å². The van der Waals surface area contributed by atoms with Crippen molar-refractivity contribution in [1.29, 1.82) is 0 Å². The number of hydrogen-bond donors (Lipinski definition) is 1. The molecule has 0 atom stereocenters. The normalized spacial score (nSPS) is 17.2. The van der Waals surface area contributed by atoms with E-state index in [1.807, 2.05) is 18.2 Å². The minimum absolute atomic E-state index is 0.159. The van der Waals surface area contributed by atoms with E-state index in [1.165, 1.54) is 9.60 Å². The van der Waals surface area contributed by atoms with Crippen LogP contribution in [0.4, 0.5) is 10.8 Å². The molecule has 0 aliphatic carbocycles.